The van der Waals surface area contributed by atoms with E-state index in [4.69, 9.17) is 9.47 Å². The van der Waals surface area contributed by atoms with E-state index in [-0.39, 0.29) is 5.41 Å². The molecule has 5 aliphatic rings. The molecule has 2 bridgehead atoms. The Morgan fingerprint density at radius 3 is 2.41 bits per heavy atom. The van der Waals surface area contributed by atoms with Crippen molar-refractivity contribution in [1.29, 1.82) is 0 Å². The second kappa shape index (κ2) is 5.48. The predicted octanol–water partition coefficient (Wildman–Crippen LogP) is 6.01. The minimum atomic E-state index is -0.895. The van der Waals surface area contributed by atoms with Crippen molar-refractivity contribution in [2.24, 2.45) is 23.2 Å². The standard InChI is InChI=1S/C28H24O4/c29-26(30)18-4-3-15-5-17(2-1-16(15)6-18)19-7-23(25-24(8-19)31-14-32-25)27-11-21-9-20-10-22(12-27)28(20,21)13-27/h1-8,20-22H,9-14H2,(H,29,30). The summed E-state index contributed by atoms with van der Waals surface area (Å²) in [5, 5.41) is 11.3. The summed E-state index contributed by atoms with van der Waals surface area (Å²) in [6.45, 7) is 0.304. The summed E-state index contributed by atoms with van der Waals surface area (Å²) in [4.78, 5) is 11.3. The molecule has 8 rings (SSSR count). The average Bonchev–Trinajstić information content (AvgIpc) is 3.46. The SMILES string of the molecule is O=C(O)c1ccc2cc(-c3cc4c(c(C56CC7CC8CC(C5)C87C6)c3)OCO4)ccc2c1. The summed E-state index contributed by atoms with van der Waals surface area (Å²) >= 11 is 0. The molecule has 1 N–H and O–H groups in total. The molecule has 3 aromatic rings. The molecule has 1 heterocycles. The van der Waals surface area contributed by atoms with Crippen molar-refractivity contribution in [3.05, 3.63) is 59.7 Å². The van der Waals surface area contributed by atoms with Crippen LogP contribution in [-0.2, 0) is 5.41 Å². The van der Waals surface area contributed by atoms with Crippen LogP contribution in [0.3, 0.4) is 0 Å². The molecule has 1 spiro atoms. The fourth-order valence-electron chi connectivity index (χ4n) is 8.52. The number of rotatable bonds is 3. The molecular weight excluding hydrogens is 400 g/mol. The maximum Gasteiger partial charge on any atom is 0.335 e. The van der Waals surface area contributed by atoms with Crippen LogP contribution in [0, 0.1) is 23.2 Å². The highest BCUT2D eigenvalue weighted by Crippen LogP contribution is 2.85. The maximum absolute atomic E-state index is 11.3. The van der Waals surface area contributed by atoms with Crippen LogP contribution >= 0.6 is 0 Å². The van der Waals surface area contributed by atoms with E-state index in [1.807, 2.05) is 12.1 Å². The second-order valence-electron chi connectivity index (χ2n) is 10.9. The molecule has 32 heavy (non-hydrogen) atoms. The third-order valence-corrected chi connectivity index (χ3v) is 9.80. The van der Waals surface area contributed by atoms with Crippen molar-refractivity contribution in [3.8, 4) is 22.6 Å². The molecule has 3 aromatic carbocycles. The van der Waals surface area contributed by atoms with Gasteiger partial charge in [0.2, 0.25) is 6.79 Å². The van der Waals surface area contributed by atoms with E-state index in [9.17, 15) is 9.90 Å². The van der Waals surface area contributed by atoms with Crippen LogP contribution in [0.4, 0.5) is 0 Å². The van der Waals surface area contributed by atoms with Gasteiger partial charge in [0.1, 0.15) is 0 Å². The summed E-state index contributed by atoms with van der Waals surface area (Å²) in [6, 6.07) is 16.1. The van der Waals surface area contributed by atoms with Gasteiger partial charge >= 0.3 is 5.97 Å². The quantitative estimate of drug-likeness (QED) is 0.559. The summed E-state index contributed by atoms with van der Waals surface area (Å²) in [5.74, 6) is 3.80. The van der Waals surface area contributed by atoms with E-state index in [0.29, 0.717) is 17.8 Å². The number of hydrogen-bond donors (Lipinski definition) is 1. The fraction of sp³-hybridized carbons (Fsp3) is 0.393. The van der Waals surface area contributed by atoms with E-state index >= 15 is 0 Å². The molecule has 1 aliphatic heterocycles. The first-order valence-corrected chi connectivity index (χ1v) is 11.8. The Morgan fingerprint density at radius 2 is 1.66 bits per heavy atom. The molecule has 0 radical (unpaired) electrons. The number of ether oxygens (including phenoxy) is 2. The average molecular weight is 424 g/mol. The lowest BCUT2D eigenvalue weighted by Crippen LogP contribution is -2.59. The number of aromatic carboxylic acids is 1. The Kier molecular flexibility index (Phi) is 3.00. The minimum absolute atomic E-state index is 0.252. The fourth-order valence-corrected chi connectivity index (χ4v) is 8.52. The summed E-state index contributed by atoms with van der Waals surface area (Å²) in [7, 11) is 0. The lowest BCUT2D eigenvalue weighted by atomic mass is 9.38. The monoisotopic (exact) mass is 424 g/mol. The molecule has 4 nitrogen and oxygen atoms in total. The van der Waals surface area contributed by atoms with Crippen molar-refractivity contribution < 1.29 is 19.4 Å². The largest absolute Gasteiger partial charge is 0.478 e. The van der Waals surface area contributed by atoms with Gasteiger partial charge in [0.25, 0.3) is 0 Å². The van der Waals surface area contributed by atoms with Crippen LogP contribution in [0.5, 0.6) is 11.5 Å². The minimum Gasteiger partial charge on any atom is -0.478 e. The number of benzene rings is 3. The molecule has 4 saturated carbocycles. The van der Waals surface area contributed by atoms with E-state index in [2.05, 4.69) is 24.3 Å². The molecule has 2 unspecified atom stereocenters. The van der Waals surface area contributed by atoms with Crippen molar-refractivity contribution in [1.82, 2.24) is 0 Å². The van der Waals surface area contributed by atoms with Gasteiger partial charge in [0.05, 0.1) is 5.56 Å². The van der Waals surface area contributed by atoms with Gasteiger partial charge in [-0.2, -0.15) is 0 Å². The van der Waals surface area contributed by atoms with Crippen LogP contribution in [-0.4, -0.2) is 17.9 Å². The van der Waals surface area contributed by atoms with E-state index in [1.54, 1.807) is 12.1 Å². The van der Waals surface area contributed by atoms with Gasteiger partial charge in [-0.05, 0) is 108 Å². The van der Waals surface area contributed by atoms with Crippen LogP contribution in [0.25, 0.3) is 21.9 Å². The Balaban J connectivity index is 1.26. The van der Waals surface area contributed by atoms with Crippen molar-refractivity contribution in [2.75, 3.05) is 6.79 Å². The Hall–Kier alpha value is -3.01. The first-order chi connectivity index (χ1) is 15.6. The zero-order valence-electron chi connectivity index (χ0n) is 17.8. The molecule has 0 saturated heterocycles. The molecule has 0 amide bonds. The van der Waals surface area contributed by atoms with E-state index in [0.717, 1.165) is 51.2 Å². The molecule has 4 heteroatoms. The number of carboxylic acid groups (broad SMARTS) is 1. The summed E-state index contributed by atoms with van der Waals surface area (Å²) in [5.41, 5.74) is 4.90. The molecule has 4 aliphatic carbocycles. The second-order valence-corrected chi connectivity index (χ2v) is 10.9. The van der Waals surface area contributed by atoms with Gasteiger partial charge in [-0.1, -0.05) is 18.2 Å². The molecular formula is C28H24O4. The van der Waals surface area contributed by atoms with Gasteiger partial charge in [-0.3, -0.25) is 0 Å². The number of fused-ring (bicyclic) bond motifs is 3. The molecule has 4 fully saturated rings. The first kappa shape index (κ1) is 17.5. The van der Waals surface area contributed by atoms with Crippen LogP contribution in [0.1, 0.15) is 48.0 Å². The van der Waals surface area contributed by atoms with Gasteiger partial charge in [-0.15, -0.1) is 0 Å². The smallest absolute Gasteiger partial charge is 0.335 e. The number of hydrogen-bond acceptors (Lipinski definition) is 3. The lowest BCUT2D eigenvalue weighted by molar-refractivity contribution is -0.175. The lowest BCUT2D eigenvalue weighted by Gasteiger charge is -2.66. The van der Waals surface area contributed by atoms with Crippen molar-refractivity contribution >= 4 is 16.7 Å². The van der Waals surface area contributed by atoms with Crippen molar-refractivity contribution in [3.63, 3.8) is 0 Å². The highest BCUT2D eigenvalue weighted by molar-refractivity contribution is 5.95. The van der Waals surface area contributed by atoms with Gasteiger partial charge < -0.3 is 14.6 Å². The topological polar surface area (TPSA) is 55.8 Å². The van der Waals surface area contributed by atoms with Crippen LogP contribution in [0.2, 0.25) is 0 Å². The maximum atomic E-state index is 11.3. The third-order valence-electron chi connectivity index (χ3n) is 9.80. The molecule has 0 aromatic heterocycles. The zero-order chi connectivity index (χ0) is 21.2. The van der Waals surface area contributed by atoms with Crippen LogP contribution in [0.15, 0.2) is 48.5 Å². The normalized spacial score (nSPS) is 34.8. The summed E-state index contributed by atoms with van der Waals surface area (Å²) in [6.07, 6.45) is 6.86. The summed E-state index contributed by atoms with van der Waals surface area (Å²) < 4.78 is 12.0. The zero-order valence-corrected chi connectivity index (χ0v) is 17.8. The Labute approximate surface area is 186 Å². The highest BCUT2D eigenvalue weighted by Gasteiger charge is 2.77. The highest BCUT2D eigenvalue weighted by atomic mass is 16.7. The first-order valence-electron chi connectivity index (χ1n) is 11.8. The van der Waals surface area contributed by atoms with Gasteiger partial charge in [0.15, 0.2) is 11.5 Å². The van der Waals surface area contributed by atoms with Gasteiger partial charge in [-0.25, -0.2) is 4.79 Å². The van der Waals surface area contributed by atoms with Gasteiger partial charge in [0, 0.05) is 11.0 Å². The number of carbonyl (C=O) groups is 1. The Bertz CT molecular complexity index is 1340. The third kappa shape index (κ3) is 1.94. The Morgan fingerprint density at radius 1 is 0.875 bits per heavy atom. The predicted molar refractivity (Wildman–Crippen MR) is 120 cm³/mol. The number of carboxylic acids is 1. The van der Waals surface area contributed by atoms with E-state index < -0.39 is 5.97 Å². The van der Waals surface area contributed by atoms with Crippen molar-refractivity contribution in [2.45, 2.75) is 37.5 Å². The van der Waals surface area contributed by atoms with E-state index in [1.165, 1.54) is 37.7 Å². The molecule has 160 valence electrons. The van der Waals surface area contributed by atoms with Crippen LogP contribution < -0.4 is 9.47 Å². The molecule has 2 atom stereocenters.